The normalized spacial score (nSPS) is 23.0. The van der Waals surface area contributed by atoms with Crippen molar-refractivity contribution in [2.45, 2.75) is 11.3 Å². The molecule has 206 valence electrons. The van der Waals surface area contributed by atoms with Crippen molar-refractivity contribution < 1.29 is 19.2 Å². The van der Waals surface area contributed by atoms with Crippen LogP contribution in [-0.4, -0.2) is 46.5 Å². The van der Waals surface area contributed by atoms with Crippen LogP contribution >= 0.6 is 0 Å². The Labute approximate surface area is 240 Å². The van der Waals surface area contributed by atoms with Crippen molar-refractivity contribution in [3.63, 3.8) is 0 Å². The third-order valence-corrected chi connectivity index (χ3v) is 8.58. The van der Waals surface area contributed by atoms with Crippen LogP contribution < -0.4 is 21.3 Å². The predicted octanol–water partition coefficient (Wildman–Crippen LogP) is 3.73. The number of para-hydroxylation sites is 4. The first-order valence-electron chi connectivity index (χ1n) is 13.7. The molecule has 10 heteroatoms. The Morgan fingerprint density at radius 2 is 0.833 bits per heavy atom. The first kappa shape index (κ1) is 24.2. The van der Waals surface area contributed by atoms with E-state index >= 15 is 0 Å². The summed E-state index contributed by atoms with van der Waals surface area (Å²) in [5.74, 6) is -1.53. The molecule has 8 rings (SSSR count). The Morgan fingerprint density at radius 1 is 0.476 bits per heavy atom. The standard InChI is InChI=1S/C32H24N6O4/c39-27-19-9-1-5-13-23(19)35-31(21-11-3-7-15-25(21)33-29(31)41)37(27)17-18-38-28(40)20-10-2-6-14-24(20)36-32(38)22-12-4-8-16-26(22)34-30(32)42/h1-16,35-36H,17-18H2,(H,33,41)(H,34,42). The highest BCUT2D eigenvalue weighted by Crippen LogP contribution is 2.47. The van der Waals surface area contributed by atoms with Crippen molar-refractivity contribution in [1.82, 2.24) is 9.80 Å². The summed E-state index contributed by atoms with van der Waals surface area (Å²) in [6.45, 7) is -0.0938. The van der Waals surface area contributed by atoms with Crippen LogP contribution in [0.15, 0.2) is 97.1 Å². The number of carbonyl (C=O) groups is 4. The van der Waals surface area contributed by atoms with Crippen LogP contribution in [0.3, 0.4) is 0 Å². The lowest BCUT2D eigenvalue weighted by molar-refractivity contribution is -0.127. The zero-order valence-electron chi connectivity index (χ0n) is 22.2. The van der Waals surface area contributed by atoms with Gasteiger partial charge in [0.1, 0.15) is 0 Å². The second-order valence-corrected chi connectivity index (χ2v) is 10.7. The molecule has 0 aliphatic carbocycles. The maximum absolute atomic E-state index is 14.2. The first-order valence-corrected chi connectivity index (χ1v) is 13.7. The minimum atomic E-state index is -1.55. The molecule has 4 aliphatic rings. The number of fused-ring (bicyclic) bond motifs is 6. The molecule has 2 spiro atoms. The quantitative estimate of drug-likeness (QED) is 0.305. The molecule has 42 heavy (non-hydrogen) atoms. The number of hydrogen-bond donors (Lipinski definition) is 4. The molecule has 0 saturated carbocycles. The van der Waals surface area contributed by atoms with Gasteiger partial charge in [-0.2, -0.15) is 0 Å². The first-order chi connectivity index (χ1) is 20.4. The van der Waals surface area contributed by atoms with Gasteiger partial charge in [-0.25, -0.2) is 0 Å². The highest BCUT2D eigenvalue weighted by molar-refractivity contribution is 6.15. The molecule has 0 aromatic heterocycles. The molecule has 0 saturated heterocycles. The van der Waals surface area contributed by atoms with Crippen LogP contribution in [0.25, 0.3) is 0 Å². The zero-order chi connectivity index (χ0) is 28.6. The summed E-state index contributed by atoms with van der Waals surface area (Å²) in [6.07, 6.45) is 0. The number of hydrogen-bond acceptors (Lipinski definition) is 6. The van der Waals surface area contributed by atoms with Gasteiger partial charge >= 0.3 is 0 Å². The number of amides is 4. The maximum Gasteiger partial charge on any atom is 0.276 e. The van der Waals surface area contributed by atoms with Crippen molar-refractivity contribution in [1.29, 1.82) is 0 Å². The van der Waals surface area contributed by atoms with Crippen molar-refractivity contribution in [3.8, 4) is 0 Å². The lowest BCUT2D eigenvalue weighted by Gasteiger charge is -2.48. The molecule has 0 bridgehead atoms. The average molecular weight is 557 g/mol. The highest BCUT2D eigenvalue weighted by Gasteiger charge is 2.59. The van der Waals surface area contributed by atoms with Crippen molar-refractivity contribution in [2.75, 3.05) is 34.4 Å². The highest BCUT2D eigenvalue weighted by atomic mass is 16.2. The van der Waals surface area contributed by atoms with Gasteiger partial charge in [-0.1, -0.05) is 60.7 Å². The van der Waals surface area contributed by atoms with Crippen LogP contribution in [0.4, 0.5) is 22.7 Å². The Morgan fingerprint density at radius 3 is 1.26 bits per heavy atom. The fourth-order valence-corrected chi connectivity index (χ4v) is 6.69. The van der Waals surface area contributed by atoms with E-state index < -0.39 is 23.1 Å². The van der Waals surface area contributed by atoms with E-state index in [1.165, 1.54) is 9.80 Å². The lowest BCUT2D eigenvalue weighted by atomic mass is 9.91. The van der Waals surface area contributed by atoms with E-state index in [0.29, 0.717) is 45.0 Å². The van der Waals surface area contributed by atoms with E-state index in [-0.39, 0.29) is 24.9 Å². The van der Waals surface area contributed by atoms with Crippen LogP contribution in [0.2, 0.25) is 0 Å². The van der Waals surface area contributed by atoms with E-state index in [4.69, 9.17) is 0 Å². The van der Waals surface area contributed by atoms with Crippen LogP contribution in [-0.2, 0) is 20.9 Å². The molecule has 4 aromatic rings. The number of nitrogens with one attached hydrogen (secondary N) is 4. The summed E-state index contributed by atoms with van der Waals surface area (Å²) < 4.78 is 0. The van der Waals surface area contributed by atoms with Gasteiger partial charge in [-0.3, -0.25) is 19.2 Å². The smallest absolute Gasteiger partial charge is 0.276 e. The Balaban J connectivity index is 1.26. The van der Waals surface area contributed by atoms with Gasteiger partial charge in [0.15, 0.2) is 0 Å². The van der Waals surface area contributed by atoms with Gasteiger partial charge in [-0.05, 0) is 36.4 Å². The summed E-state index contributed by atoms with van der Waals surface area (Å²) in [5.41, 5.74) is 1.20. The molecule has 2 atom stereocenters. The number of carbonyl (C=O) groups excluding carboxylic acids is 4. The van der Waals surface area contributed by atoms with Gasteiger partial charge in [0.05, 0.1) is 11.1 Å². The van der Waals surface area contributed by atoms with Crippen LogP contribution in [0.5, 0.6) is 0 Å². The Hall–Kier alpha value is -5.64. The number of nitrogens with zero attached hydrogens (tertiary/aromatic N) is 2. The van der Waals surface area contributed by atoms with Crippen molar-refractivity contribution in [2.24, 2.45) is 0 Å². The molecular weight excluding hydrogens is 532 g/mol. The Kier molecular flexibility index (Phi) is 4.85. The minimum absolute atomic E-state index is 0.0469. The van der Waals surface area contributed by atoms with Crippen molar-refractivity contribution >= 4 is 46.4 Å². The van der Waals surface area contributed by atoms with E-state index in [0.717, 1.165) is 0 Å². The van der Waals surface area contributed by atoms with Gasteiger partial charge < -0.3 is 31.1 Å². The molecule has 0 radical (unpaired) electrons. The Bertz CT molecular complexity index is 1740. The molecule has 0 fully saturated rings. The van der Waals surface area contributed by atoms with Crippen LogP contribution in [0, 0.1) is 0 Å². The van der Waals surface area contributed by atoms with Gasteiger partial charge in [-0.15, -0.1) is 0 Å². The maximum atomic E-state index is 14.2. The third kappa shape index (κ3) is 2.98. The monoisotopic (exact) mass is 556 g/mol. The second kappa shape index (κ2) is 8.43. The topological polar surface area (TPSA) is 123 Å². The van der Waals surface area contributed by atoms with Crippen LogP contribution in [0.1, 0.15) is 31.8 Å². The fraction of sp³-hybridized carbons (Fsp3) is 0.125. The SMILES string of the molecule is O=C1c2ccccc2NC2(C(=O)Nc3ccccc32)N1CCN1C(=O)c2ccccc2NC12C(=O)Nc1ccccc12. The van der Waals surface area contributed by atoms with Gasteiger partial charge in [0.25, 0.3) is 23.6 Å². The minimum Gasteiger partial charge on any atom is -0.350 e. The molecule has 10 nitrogen and oxygen atoms in total. The van der Waals surface area contributed by atoms with E-state index in [1.54, 1.807) is 72.8 Å². The van der Waals surface area contributed by atoms with Crippen molar-refractivity contribution in [3.05, 3.63) is 119 Å². The summed E-state index contributed by atoms with van der Waals surface area (Å²) >= 11 is 0. The zero-order valence-corrected chi connectivity index (χ0v) is 22.2. The van der Waals surface area contributed by atoms with Gasteiger partial charge in [0.2, 0.25) is 11.3 Å². The molecule has 4 amide bonds. The largest absolute Gasteiger partial charge is 0.350 e. The number of rotatable bonds is 3. The molecule has 4 heterocycles. The van der Waals surface area contributed by atoms with E-state index in [2.05, 4.69) is 21.3 Å². The predicted molar refractivity (Wildman–Crippen MR) is 156 cm³/mol. The third-order valence-electron chi connectivity index (χ3n) is 8.58. The number of benzene rings is 4. The second-order valence-electron chi connectivity index (χ2n) is 10.7. The van der Waals surface area contributed by atoms with E-state index in [1.807, 2.05) is 24.3 Å². The summed E-state index contributed by atoms with van der Waals surface area (Å²) in [7, 11) is 0. The number of anilines is 4. The average Bonchev–Trinajstić information content (AvgIpc) is 3.44. The van der Waals surface area contributed by atoms with E-state index in [9.17, 15) is 19.2 Å². The molecule has 4 aliphatic heterocycles. The summed E-state index contributed by atoms with van der Waals surface area (Å²) in [4.78, 5) is 58.9. The molecule has 2 unspecified atom stereocenters. The summed E-state index contributed by atoms with van der Waals surface area (Å²) in [5, 5.41) is 12.5. The molecular formula is C32H24N6O4. The van der Waals surface area contributed by atoms with Gasteiger partial charge in [0, 0.05) is 47.0 Å². The molecule has 4 aromatic carbocycles. The fourth-order valence-electron chi connectivity index (χ4n) is 6.69. The summed E-state index contributed by atoms with van der Waals surface area (Å²) in [6, 6.07) is 28.5. The lowest BCUT2D eigenvalue weighted by Crippen LogP contribution is -2.65. The molecule has 4 N–H and O–H groups in total.